The van der Waals surface area contributed by atoms with Gasteiger partial charge in [0.1, 0.15) is 5.82 Å². The highest BCUT2D eigenvalue weighted by molar-refractivity contribution is 7.89. The quantitative estimate of drug-likeness (QED) is 0.329. The minimum atomic E-state index is -3.75. The van der Waals surface area contributed by atoms with Gasteiger partial charge in [0.15, 0.2) is 22.1 Å². The largest absolute Gasteiger partial charge is 0.389 e. The summed E-state index contributed by atoms with van der Waals surface area (Å²) in [6.07, 6.45) is 3.03. The number of nitrogens with one attached hydrogen (secondary N) is 1. The summed E-state index contributed by atoms with van der Waals surface area (Å²) in [6.45, 7) is 2.55. The number of carbonyl (C=O) groups is 1. The number of oxime groups is 1. The average molecular weight is 561 g/mol. The van der Waals surface area contributed by atoms with E-state index >= 15 is 0 Å². The van der Waals surface area contributed by atoms with Gasteiger partial charge in [-0.3, -0.25) is 10.1 Å². The molecule has 0 aliphatic carbocycles. The summed E-state index contributed by atoms with van der Waals surface area (Å²) in [7, 11) is -3.75. The van der Waals surface area contributed by atoms with Gasteiger partial charge in [-0.25, -0.2) is 18.4 Å². The van der Waals surface area contributed by atoms with Crippen LogP contribution in [0, 0.1) is 5.13 Å². The minimum Gasteiger partial charge on any atom is -0.389 e. The van der Waals surface area contributed by atoms with Crippen LogP contribution in [0.25, 0.3) is 0 Å². The second-order valence-corrected chi connectivity index (χ2v) is 11.5. The number of aromatic nitrogens is 2. The Labute approximate surface area is 222 Å². The van der Waals surface area contributed by atoms with Gasteiger partial charge < -0.3 is 14.5 Å². The summed E-state index contributed by atoms with van der Waals surface area (Å²) in [5, 5.41) is 6.05. The van der Waals surface area contributed by atoms with E-state index in [0.717, 1.165) is 12.0 Å². The molecule has 0 bridgehead atoms. The standard InChI is InChI=1S/C24H25FN6O5S2/c25-20-15-27-24(37-20)28-23(32)22(29-36-18-8-14-35-16-18)17-4-6-19(7-5-17)38(33,34)31-12-10-30(11-13-31)21-3-1-2-9-26-21/h1-7,9,15,18H,8,10-14,16H2,(H,27,28,32)/t18-/m1/s1. The van der Waals surface area contributed by atoms with Gasteiger partial charge in [-0.2, -0.15) is 8.70 Å². The zero-order valence-corrected chi connectivity index (χ0v) is 21.8. The average Bonchev–Trinajstić information content (AvgIpc) is 3.61. The highest BCUT2D eigenvalue weighted by atomic mass is 32.2. The maximum atomic E-state index is 13.3. The zero-order chi connectivity index (χ0) is 26.5. The lowest BCUT2D eigenvalue weighted by Crippen LogP contribution is -2.48. The molecule has 2 aliphatic heterocycles. The molecule has 1 atom stereocenters. The van der Waals surface area contributed by atoms with Gasteiger partial charge in [-0.15, -0.1) is 0 Å². The maximum absolute atomic E-state index is 13.3. The van der Waals surface area contributed by atoms with E-state index in [-0.39, 0.29) is 21.8 Å². The lowest BCUT2D eigenvalue weighted by molar-refractivity contribution is -0.110. The van der Waals surface area contributed by atoms with E-state index < -0.39 is 21.1 Å². The molecule has 1 N–H and O–H groups in total. The Kier molecular flexibility index (Phi) is 7.93. The van der Waals surface area contributed by atoms with Crippen LogP contribution in [0.1, 0.15) is 12.0 Å². The Hall–Kier alpha value is -3.46. The molecule has 5 rings (SSSR count). The number of hydrogen-bond acceptors (Lipinski definition) is 10. The molecule has 2 aromatic heterocycles. The first-order valence-electron chi connectivity index (χ1n) is 11.9. The van der Waals surface area contributed by atoms with Crippen LogP contribution in [0.2, 0.25) is 0 Å². The summed E-state index contributed by atoms with van der Waals surface area (Å²) >= 11 is 0.675. The highest BCUT2D eigenvalue weighted by Gasteiger charge is 2.29. The first-order valence-corrected chi connectivity index (χ1v) is 14.2. The molecule has 4 heterocycles. The third-order valence-electron chi connectivity index (χ3n) is 6.07. The fourth-order valence-electron chi connectivity index (χ4n) is 4.05. The van der Waals surface area contributed by atoms with Gasteiger partial charge in [-0.05, 0) is 24.3 Å². The molecule has 2 aliphatic rings. The molecular weight excluding hydrogens is 535 g/mol. The molecule has 14 heteroatoms. The molecule has 3 aromatic rings. The number of nitrogens with zero attached hydrogens (tertiary/aromatic N) is 5. The normalized spacial score (nSPS) is 18.9. The molecule has 38 heavy (non-hydrogen) atoms. The summed E-state index contributed by atoms with van der Waals surface area (Å²) in [5.41, 5.74) is 0.234. The monoisotopic (exact) mass is 560 g/mol. The molecule has 1 aromatic carbocycles. The first kappa shape index (κ1) is 26.2. The van der Waals surface area contributed by atoms with Crippen LogP contribution >= 0.6 is 11.3 Å². The fourth-order valence-corrected chi connectivity index (χ4v) is 6.01. The number of piperazine rings is 1. The Bertz CT molecular complexity index is 1390. The van der Waals surface area contributed by atoms with Crippen molar-refractivity contribution in [1.29, 1.82) is 0 Å². The van der Waals surface area contributed by atoms with Gasteiger partial charge in [0.2, 0.25) is 10.0 Å². The van der Waals surface area contributed by atoms with Crippen molar-refractivity contribution in [3.8, 4) is 0 Å². The molecule has 0 spiro atoms. The van der Waals surface area contributed by atoms with Crippen molar-refractivity contribution in [2.24, 2.45) is 5.16 Å². The SMILES string of the molecule is O=C(Nc1ncc(F)s1)C(=NO[C@@H]1CCOC1)c1ccc(S(=O)(=O)N2CCN(c3ccccn3)CC2)cc1. The number of anilines is 2. The van der Waals surface area contributed by atoms with Crippen molar-refractivity contribution in [2.45, 2.75) is 17.4 Å². The van der Waals surface area contributed by atoms with E-state index in [1.807, 2.05) is 23.1 Å². The number of pyridine rings is 1. The van der Waals surface area contributed by atoms with Crippen molar-refractivity contribution >= 4 is 43.9 Å². The number of rotatable bonds is 8. The lowest BCUT2D eigenvalue weighted by Gasteiger charge is -2.34. The minimum absolute atomic E-state index is 0.0634. The van der Waals surface area contributed by atoms with Crippen molar-refractivity contribution in [1.82, 2.24) is 14.3 Å². The lowest BCUT2D eigenvalue weighted by atomic mass is 10.1. The number of amides is 1. The highest BCUT2D eigenvalue weighted by Crippen LogP contribution is 2.22. The van der Waals surface area contributed by atoms with Crippen molar-refractivity contribution < 1.29 is 27.2 Å². The van der Waals surface area contributed by atoms with Crippen molar-refractivity contribution in [2.75, 3.05) is 49.6 Å². The molecule has 0 saturated carbocycles. The summed E-state index contributed by atoms with van der Waals surface area (Å²) in [5.74, 6) is 0.144. The third-order valence-corrected chi connectivity index (χ3v) is 8.69. The summed E-state index contributed by atoms with van der Waals surface area (Å²) in [4.78, 5) is 28.7. The van der Waals surface area contributed by atoms with E-state index in [2.05, 4.69) is 20.4 Å². The number of sulfonamides is 1. The number of ether oxygens (including phenoxy) is 1. The zero-order valence-electron chi connectivity index (χ0n) is 20.2. The predicted molar refractivity (Wildman–Crippen MR) is 139 cm³/mol. The number of hydrogen-bond donors (Lipinski definition) is 1. The molecule has 2 fully saturated rings. The second kappa shape index (κ2) is 11.5. The van der Waals surface area contributed by atoms with Crippen LogP contribution in [-0.2, 0) is 24.4 Å². The number of carbonyl (C=O) groups excluding carboxylic acids is 1. The van der Waals surface area contributed by atoms with Crippen molar-refractivity contribution in [3.05, 3.63) is 65.6 Å². The van der Waals surface area contributed by atoms with Crippen LogP contribution in [0.15, 0.2) is 64.9 Å². The van der Waals surface area contributed by atoms with Crippen LogP contribution in [0.5, 0.6) is 0 Å². The topological polar surface area (TPSA) is 126 Å². The van der Waals surface area contributed by atoms with Crippen LogP contribution in [0.4, 0.5) is 15.3 Å². The van der Waals surface area contributed by atoms with Crippen molar-refractivity contribution in [3.63, 3.8) is 0 Å². The van der Waals surface area contributed by atoms with E-state index in [4.69, 9.17) is 9.57 Å². The van der Waals surface area contributed by atoms with Crippen LogP contribution < -0.4 is 10.2 Å². The van der Waals surface area contributed by atoms with E-state index in [1.165, 1.54) is 28.6 Å². The Morgan fingerprint density at radius 1 is 1.13 bits per heavy atom. The maximum Gasteiger partial charge on any atom is 0.280 e. The van der Waals surface area contributed by atoms with Gasteiger partial charge in [0.05, 0.1) is 24.3 Å². The molecule has 0 radical (unpaired) electrons. The number of halogens is 1. The Balaban J connectivity index is 1.31. The molecule has 200 valence electrons. The molecule has 0 unspecified atom stereocenters. The van der Waals surface area contributed by atoms with E-state index in [1.54, 1.807) is 6.20 Å². The summed E-state index contributed by atoms with van der Waals surface area (Å²) < 4.78 is 46.6. The molecule has 11 nitrogen and oxygen atoms in total. The van der Waals surface area contributed by atoms with E-state index in [0.29, 0.717) is 62.7 Å². The fraction of sp³-hybridized carbons (Fsp3) is 0.333. The van der Waals surface area contributed by atoms with Gasteiger partial charge >= 0.3 is 0 Å². The van der Waals surface area contributed by atoms with Gasteiger partial charge in [0, 0.05) is 44.4 Å². The summed E-state index contributed by atoms with van der Waals surface area (Å²) in [6, 6.07) is 11.5. The molecular formula is C24H25FN6O5S2. The predicted octanol–water partition coefficient (Wildman–Crippen LogP) is 2.34. The van der Waals surface area contributed by atoms with Gasteiger partial charge in [-0.1, -0.05) is 34.7 Å². The third kappa shape index (κ3) is 5.99. The number of benzene rings is 1. The van der Waals surface area contributed by atoms with Gasteiger partial charge in [0.25, 0.3) is 5.91 Å². The Morgan fingerprint density at radius 3 is 2.55 bits per heavy atom. The Morgan fingerprint density at radius 2 is 1.92 bits per heavy atom. The molecule has 1 amide bonds. The van der Waals surface area contributed by atoms with Crippen LogP contribution in [-0.4, -0.2) is 79.8 Å². The first-order chi connectivity index (χ1) is 18.4. The number of thiazole rings is 1. The van der Waals surface area contributed by atoms with E-state index in [9.17, 15) is 17.6 Å². The smallest absolute Gasteiger partial charge is 0.280 e. The van der Waals surface area contributed by atoms with Crippen LogP contribution in [0.3, 0.4) is 0 Å². The molecule has 2 saturated heterocycles. The second-order valence-electron chi connectivity index (χ2n) is 8.56.